The van der Waals surface area contributed by atoms with Crippen molar-refractivity contribution in [2.24, 2.45) is 5.92 Å². The lowest BCUT2D eigenvalue weighted by molar-refractivity contribution is -0.122. The molecule has 1 aliphatic heterocycles. The Hall–Kier alpha value is -0.650. The number of carbonyl (C=O) groups is 1. The maximum absolute atomic E-state index is 11.5. The molecule has 0 radical (unpaired) electrons. The molecule has 1 rings (SSSR count). The first-order valence-corrected chi connectivity index (χ1v) is 6.37. The third-order valence-corrected chi connectivity index (χ3v) is 3.01. The molecule has 1 amide bonds. The predicted molar refractivity (Wildman–Crippen MR) is 68.0 cm³/mol. The topological polar surface area (TPSA) is 53.6 Å². The number of methoxy groups -OCH3 is 1. The van der Waals surface area contributed by atoms with Gasteiger partial charge in [-0.15, -0.1) is 0 Å². The van der Waals surface area contributed by atoms with Crippen molar-refractivity contribution in [3.8, 4) is 0 Å². The molecule has 0 aromatic heterocycles. The van der Waals surface area contributed by atoms with Crippen LogP contribution in [0.2, 0.25) is 0 Å². The highest BCUT2D eigenvalue weighted by Gasteiger charge is 2.16. The number of nitrogens with zero attached hydrogens (tertiary/aromatic N) is 1. The molecule has 0 aliphatic carbocycles. The Morgan fingerprint density at radius 1 is 1.59 bits per heavy atom. The number of ether oxygens (including phenoxy) is 1. The quantitative estimate of drug-likeness (QED) is 0.602. The lowest BCUT2D eigenvalue weighted by Crippen LogP contribution is -2.41. The lowest BCUT2D eigenvalue weighted by atomic mass is 9.99. The highest BCUT2D eigenvalue weighted by atomic mass is 16.5. The third-order valence-electron chi connectivity index (χ3n) is 3.01. The summed E-state index contributed by atoms with van der Waals surface area (Å²) in [4.78, 5) is 13.6. The van der Waals surface area contributed by atoms with E-state index in [2.05, 4.69) is 15.5 Å². The Labute approximate surface area is 104 Å². The van der Waals surface area contributed by atoms with E-state index in [0.717, 1.165) is 19.6 Å². The summed E-state index contributed by atoms with van der Waals surface area (Å²) in [6.45, 7) is 4.84. The summed E-state index contributed by atoms with van der Waals surface area (Å²) in [6, 6.07) is 0. The molecule has 5 heteroatoms. The standard InChI is InChI=1S/C12H25N3O2/c1-15(9-11-4-3-5-13-8-11)10-12(16)14-6-7-17-2/h11,13H,3-10H2,1-2H3,(H,14,16). The van der Waals surface area contributed by atoms with Gasteiger partial charge in [0.05, 0.1) is 13.2 Å². The Morgan fingerprint density at radius 2 is 2.41 bits per heavy atom. The van der Waals surface area contributed by atoms with Gasteiger partial charge in [0.1, 0.15) is 0 Å². The maximum atomic E-state index is 11.5. The molecular weight excluding hydrogens is 218 g/mol. The molecule has 1 aliphatic rings. The van der Waals surface area contributed by atoms with E-state index in [4.69, 9.17) is 4.74 Å². The van der Waals surface area contributed by atoms with E-state index in [9.17, 15) is 4.79 Å². The first kappa shape index (κ1) is 14.4. The summed E-state index contributed by atoms with van der Waals surface area (Å²) >= 11 is 0. The first-order chi connectivity index (χ1) is 8.22. The molecule has 0 aromatic carbocycles. The average Bonchev–Trinajstić information content (AvgIpc) is 2.30. The van der Waals surface area contributed by atoms with E-state index in [-0.39, 0.29) is 5.91 Å². The van der Waals surface area contributed by atoms with Gasteiger partial charge in [0, 0.05) is 20.2 Å². The van der Waals surface area contributed by atoms with Gasteiger partial charge >= 0.3 is 0 Å². The zero-order valence-electron chi connectivity index (χ0n) is 11.0. The largest absolute Gasteiger partial charge is 0.383 e. The van der Waals surface area contributed by atoms with Gasteiger partial charge in [0.2, 0.25) is 5.91 Å². The molecule has 1 fully saturated rings. The van der Waals surface area contributed by atoms with Crippen LogP contribution in [0.5, 0.6) is 0 Å². The zero-order valence-corrected chi connectivity index (χ0v) is 11.0. The summed E-state index contributed by atoms with van der Waals surface area (Å²) in [5, 5.41) is 6.22. The number of amides is 1. The number of rotatable bonds is 7. The molecule has 5 nitrogen and oxygen atoms in total. The molecule has 0 aromatic rings. The van der Waals surface area contributed by atoms with Crippen molar-refractivity contribution in [1.29, 1.82) is 0 Å². The van der Waals surface area contributed by atoms with E-state index in [1.807, 2.05) is 7.05 Å². The molecule has 1 saturated heterocycles. The molecule has 1 unspecified atom stereocenters. The van der Waals surface area contributed by atoms with Crippen LogP contribution in [0.1, 0.15) is 12.8 Å². The molecule has 100 valence electrons. The van der Waals surface area contributed by atoms with E-state index in [0.29, 0.717) is 25.6 Å². The fourth-order valence-electron chi connectivity index (χ4n) is 2.18. The second-order valence-electron chi connectivity index (χ2n) is 4.75. The summed E-state index contributed by atoms with van der Waals surface area (Å²) < 4.78 is 4.88. The Balaban J connectivity index is 2.10. The van der Waals surface area contributed by atoms with E-state index in [1.165, 1.54) is 12.8 Å². The SMILES string of the molecule is COCCNC(=O)CN(C)CC1CCCNC1. The first-order valence-electron chi connectivity index (χ1n) is 6.37. The summed E-state index contributed by atoms with van der Waals surface area (Å²) in [6.07, 6.45) is 2.52. The minimum absolute atomic E-state index is 0.0771. The van der Waals surface area contributed by atoms with Crippen molar-refractivity contribution in [2.75, 3.05) is 53.5 Å². The van der Waals surface area contributed by atoms with Gasteiger partial charge in [0.15, 0.2) is 0 Å². The van der Waals surface area contributed by atoms with Gasteiger partial charge < -0.3 is 15.4 Å². The molecule has 1 heterocycles. The van der Waals surface area contributed by atoms with E-state index >= 15 is 0 Å². The lowest BCUT2D eigenvalue weighted by Gasteiger charge is -2.27. The fourth-order valence-corrected chi connectivity index (χ4v) is 2.18. The van der Waals surface area contributed by atoms with Crippen molar-refractivity contribution in [1.82, 2.24) is 15.5 Å². The van der Waals surface area contributed by atoms with Crippen LogP contribution in [0, 0.1) is 5.92 Å². The third kappa shape index (κ3) is 6.61. The van der Waals surface area contributed by atoms with Gasteiger partial charge in [-0.1, -0.05) is 0 Å². The number of likely N-dealkylation sites (N-methyl/N-ethyl adjacent to an activating group) is 1. The number of hydrogen-bond donors (Lipinski definition) is 2. The Bertz CT molecular complexity index is 218. The van der Waals surface area contributed by atoms with Gasteiger partial charge in [0.25, 0.3) is 0 Å². The molecule has 2 N–H and O–H groups in total. The Morgan fingerprint density at radius 3 is 3.06 bits per heavy atom. The van der Waals surface area contributed by atoms with Gasteiger partial charge in [-0.25, -0.2) is 0 Å². The van der Waals surface area contributed by atoms with Crippen LogP contribution >= 0.6 is 0 Å². The number of piperidine rings is 1. The van der Waals surface area contributed by atoms with Crippen LogP contribution in [-0.4, -0.2) is 64.3 Å². The average molecular weight is 243 g/mol. The predicted octanol–water partition coefficient (Wildman–Crippen LogP) is -0.320. The van der Waals surface area contributed by atoms with E-state index in [1.54, 1.807) is 7.11 Å². The zero-order chi connectivity index (χ0) is 12.5. The summed E-state index contributed by atoms with van der Waals surface area (Å²) in [7, 11) is 3.64. The van der Waals surface area contributed by atoms with Crippen LogP contribution in [0.15, 0.2) is 0 Å². The van der Waals surface area contributed by atoms with Gasteiger partial charge in [-0.3, -0.25) is 9.69 Å². The highest BCUT2D eigenvalue weighted by molar-refractivity contribution is 5.77. The summed E-state index contributed by atoms with van der Waals surface area (Å²) in [5.74, 6) is 0.758. The van der Waals surface area contributed by atoms with Crippen LogP contribution in [0.3, 0.4) is 0 Å². The van der Waals surface area contributed by atoms with E-state index < -0.39 is 0 Å². The molecular formula is C12H25N3O2. The number of carbonyl (C=O) groups excluding carboxylic acids is 1. The number of hydrogen-bond acceptors (Lipinski definition) is 4. The smallest absolute Gasteiger partial charge is 0.234 e. The minimum Gasteiger partial charge on any atom is -0.383 e. The summed E-state index contributed by atoms with van der Waals surface area (Å²) in [5.41, 5.74) is 0. The number of nitrogens with one attached hydrogen (secondary N) is 2. The molecule has 17 heavy (non-hydrogen) atoms. The van der Waals surface area contributed by atoms with Gasteiger partial charge in [-0.05, 0) is 38.9 Å². The highest BCUT2D eigenvalue weighted by Crippen LogP contribution is 2.10. The van der Waals surface area contributed by atoms with Gasteiger partial charge in [-0.2, -0.15) is 0 Å². The van der Waals surface area contributed by atoms with Crippen molar-refractivity contribution < 1.29 is 9.53 Å². The van der Waals surface area contributed by atoms with Crippen LogP contribution < -0.4 is 10.6 Å². The normalized spacial score (nSPS) is 20.5. The monoisotopic (exact) mass is 243 g/mol. The minimum atomic E-state index is 0.0771. The van der Waals surface area contributed by atoms with Crippen LogP contribution in [0.25, 0.3) is 0 Å². The van der Waals surface area contributed by atoms with Crippen molar-refractivity contribution in [2.45, 2.75) is 12.8 Å². The molecule has 0 bridgehead atoms. The fraction of sp³-hybridized carbons (Fsp3) is 0.917. The maximum Gasteiger partial charge on any atom is 0.234 e. The molecule has 1 atom stereocenters. The van der Waals surface area contributed by atoms with Crippen LogP contribution in [-0.2, 0) is 9.53 Å². The molecule has 0 spiro atoms. The van der Waals surface area contributed by atoms with Crippen molar-refractivity contribution in [3.63, 3.8) is 0 Å². The second-order valence-corrected chi connectivity index (χ2v) is 4.75. The van der Waals surface area contributed by atoms with Crippen LogP contribution in [0.4, 0.5) is 0 Å². The van der Waals surface area contributed by atoms with Crippen molar-refractivity contribution >= 4 is 5.91 Å². The second kappa shape index (κ2) is 8.44. The molecule has 0 saturated carbocycles. The van der Waals surface area contributed by atoms with Crippen molar-refractivity contribution in [3.05, 3.63) is 0 Å². The Kier molecular flexibility index (Phi) is 7.16.